The molecule has 0 unspecified atom stereocenters. The van der Waals surface area contributed by atoms with Crippen LogP contribution in [0.1, 0.15) is 36.0 Å². The number of nitrogens with one attached hydrogen (secondary N) is 2. The van der Waals surface area contributed by atoms with Gasteiger partial charge >= 0.3 is 0 Å². The van der Waals surface area contributed by atoms with Crippen LogP contribution in [0.4, 0.5) is 0 Å². The molecule has 27 heavy (non-hydrogen) atoms. The van der Waals surface area contributed by atoms with Gasteiger partial charge in [0.1, 0.15) is 0 Å². The number of hydrogen-bond acceptors (Lipinski definition) is 2. The first kappa shape index (κ1) is 21.7. The molecule has 0 aromatic heterocycles. The molecule has 2 N–H and O–H groups in total. The van der Waals surface area contributed by atoms with Crippen molar-refractivity contribution in [1.82, 2.24) is 10.6 Å². The van der Waals surface area contributed by atoms with E-state index in [1.54, 1.807) is 7.11 Å². The quantitative estimate of drug-likeness (QED) is 0.355. The number of halogens is 1. The fourth-order valence-corrected chi connectivity index (χ4v) is 3.64. The van der Waals surface area contributed by atoms with E-state index in [4.69, 9.17) is 4.74 Å². The maximum absolute atomic E-state index is 5.29. The fourth-order valence-electron chi connectivity index (χ4n) is 3.64. The Kier molecular flexibility index (Phi) is 8.57. The molecule has 2 aromatic rings. The number of methoxy groups -OCH3 is 1. The normalized spacial score (nSPS) is 15.4. The molecule has 1 aliphatic rings. The van der Waals surface area contributed by atoms with Crippen molar-refractivity contribution in [3.05, 3.63) is 71.3 Å². The summed E-state index contributed by atoms with van der Waals surface area (Å²) in [5, 5.41) is 6.98. The van der Waals surface area contributed by atoms with E-state index in [0.29, 0.717) is 6.61 Å². The predicted molar refractivity (Wildman–Crippen MR) is 123 cm³/mol. The molecule has 4 nitrogen and oxygen atoms in total. The number of rotatable bonds is 7. The Morgan fingerprint density at radius 2 is 1.67 bits per heavy atom. The van der Waals surface area contributed by atoms with Crippen molar-refractivity contribution in [1.29, 1.82) is 0 Å². The lowest BCUT2D eigenvalue weighted by atomic mass is 9.64. The van der Waals surface area contributed by atoms with Crippen LogP contribution in [0.5, 0.6) is 0 Å². The third-order valence-corrected chi connectivity index (χ3v) is 5.38. The highest BCUT2D eigenvalue weighted by molar-refractivity contribution is 14.0. The Morgan fingerprint density at radius 1 is 1.00 bits per heavy atom. The molecule has 0 saturated heterocycles. The van der Waals surface area contributed by atoms with Crippen molar-refractivity contribution in [3.8, 4) is 0 Å². The van der Waals surface area contributed by atoms with Crippen molar-refractivity contribution < 1.29 is 4.74 Å². The highest BCUT2D eigenvalue weighted by atomic mass is 127. The second-order valence-corrected chi connectivity index (χ2v) is 6.98. The van der Waals surface area contributed by atoms with E-state index < -0.39 is 0 Å². The molecule has 0 heterocycles. The first-order valence-electron chi connectivity index (χ1n) is 9.33. The van der Waals surface area contributed by atoms with Crippen LogP contribution in [-0.2, 0) is 23.3 Å². The van der Waals surface area contributed by atoms with Gasteiger partial charge in [-0.25, -0.2) is 0 Å². The number of aliphatic imine (C=N–C) groups is 1. The molecule has 0 bridgehead atoms. The summed E-state index contributed by atoms with van der Waals surface area (Å²) in [5.74, 6) is 0.847. The lowest BCUT2D eigenvalue weighted by Crippen LogP contribution is -2.48. The number of guanidine groups is 1. The summed E-state index contributed by atoms with van der Waals surface area (Å²) in [4.78, 5) is 4.40. The molecule has 0 amide bonds. The van der Waals surface area contributed by atoms with Crippen LogP contribution in [0.25, 0.3) is 0 Å². The van der Waals surface area contributed by atoms with Gasteiger partial charge in [-0.3, -0.25) is 4.99 Å². The van der Waals surface area contributed by atoms with Crippen LogP contribution in [0.2, 0.25) is 0 Å². The Labute approximate surface area is 179 Å². The number of hydrogen-bond donors (Lipinski definition) is 2. The SMILES string of the molecule is CN=C(NCc1ccccc1COC)NCC1(c2ccccc2)CCC1.I. The van der Waals surface area contributed by atoms with E-state index in [0.717, 1.165) is 19.0 Å². The zero-order valence-corrected chi connectivity index (χ0v) is 18.5. The van der Waals surface area contributed by atoms with Crippen molar-refractivity contribution in [2.24, 2.45) is 4.99 Å². The first-order chi connectivity index (χ1) is 12.8. The summed E-state index contributed by atoms with van der Waals surface area (Å²) in [6.45, 7) is 2.27. The maximum atomic E-state index is 5.29. The largest absolute Gasteiger partial charge is 0.380 e. The summed E-state index contributed by atoms with van der Waals surface area (Å²) in [6, 6.07) is 19.2. The summed E-state index contributed by atoms with van der Waals surface area (Å²) < 4.78 is 5.29. The Bertz CT molecular complexity index is 729. The minimum absolute atomic E-state index is 0. The molecular formula is C22H30IN3O. The minimum atomic E-state index is 0. The first-order valence-corrected chi connectivity index (χ1v) is 9.33. The lowest BCUT2D eigenvalue weighted by Gasteiger charge is -2.43. The monoisotopic (exact) mass is 479 g/mol. The van der Waals surface area contributed by atoms with E-state index >= 15 is 0 Å². The lowest BCUT2D eigenvalue weighted by molar-refractivity contribution is 0.184. The molecule has 0 spiro atoms. The molecule has 3 rings (SSSR count). The molecule has 1 saturated carbocycles. The molecular weight excluding hydrogens is 449 g/mol. The van der Waals surface area contributed by atoms with Gasteiger partial charge in [0.2, 0.25) is 0 Å². The van der Waals surface area contributed by atoms with Crippen molar-refractivity contribution in [3.63, 3.8) is 0 Å². The number of benzene rings is 2. The Morgan fingerprint density at radius 3 is 2.26 bits per heavy atom. The van der Waals surface area contributed by atoms with Gasteiger partial charge in [0.15, 0.2) is 5.96 Å². The van der Waals surface area contributed by atoms with Crippen LogP contribution in [0.3, 0.4) is 0 Å². The molecule has 5 heteroatoms. The zero-order chi connectivity index (χ0) is 18.2. The van der Waals surface area contributed by atoms with Gasteiger partial charge in [0.25, 0.3) is 0 Å². The molecule has 1 aliphatic carbocycles. The molecule has 146 valence electrons. The van der Waals surface area contributed by atoms with Gasteiger partial charge in [-0.1, -0.05) is 61.0 Å². The zero-order valence-electron chi connectivity index (χ0n) is 16.2. The highest BCUT2D eigenvalue weighted by Crippen LogP contribution is 2.43. The summed E-state index contributed by atoms with van der Waals surface area (Å²) in [6.07, 6.45) is 3.77. The molecule has 1 fully saturated rings. The summed E-state index contributed by atoms with van der Waals surface area (Å²) in [7, 11) is 3.55. The van der Waals surface area contributed by atoms with Crippen molar-refractivity contribution in [2.75, 3.05) is 20.7 Å². The number of nitrogens with zero attached hydrogens (tertiary/aromatic N) is 1. The molecule has 2 aromatic carbocycles. The van der Waals surface area contributed by atoms with E-state index in [2.05, 4.69) is 64.2 Å². The van der Waals surface area contributed by atoms with E-state index in [1.165, 1.54) is 36.0 Å². The third-order valence-electron chi connectivity index (χ3n) is 5.38. The summed E-state index contributed by atoms with van der Waals surface area (Å²) >= 11 is 0. The standard InChI is InChI=1S/C22H29N3O.HI/c1-23-21(24-15-18-9-6-7-10-19(18)16-26-2)25-17-22(13-8-14-22)20-11-4-3-5-12-20;/h3-7,9-12H,8,13-17H2,1-2H3,(H2,23,24,25);1H. The minimum Gasteiger partial charge on any atom is -0.380 e. The maximum Gasteiger partial charge on any atom is 0.191 e. The van der Waals surface area contributed by atoms with Gasteiger partial charge in [0, 0.05) is 32.7 Å². The third kappa shape index (κ3) is 5.45. The van der Waals surface area contributed by atoms with Gasteiger partial charge in [-0.05, 0) is 29.5 Å². The van der Waals surface area contributed by atoms with Crippen LogP contribution in [-0.4, -0.2) is 26.7 Å². The highest BCUT2D eigenvalue weighted by Gasteiger charge is 2.38. The van der Waals surface area contributed by atoms with Gasteiger partial charge < -0.3 is 15.4 Å². The van der Waals surface area contributed by atoms with E-state index in [-0.39, 0.29) is 29.4 Å². The summed E-state index contributed by atoms with van der Waals surface area (Å²) in [5.41, 5.74) is 4.11. The average molecular weight is 479 g/mol. The molecule has 0 atom stereocenters. The Hall–Kier alpha value is -1.60. The number of ether oxygens (including phenoxy) is 1. The Balaban J connectivity index is 0.00000261. The van der Waals surface area contributed by atoms with Gasteiger partial charge in [-0.2, -0.15) is 0 Å². The second kappa shape index (κ2) is 10.7. The topological polar surface area (TPSA) is 45.7 Å². The van der Waals surface area contributed by atoms with Crippen LogP contribution < -0.4 is 10.6 Å². The van der Waals surface area contributed by atoms with Crippen LogP contribution >= 0.6 is 24.0 Å². The predicted octanol–water partition coefficient (Wildman–Crippen LogP) is 4.24. The molecule has 0 aliphatic heterocycles. The van der Waals surface area contributed by atoms with Crippen LogP contribution in [0.15, 0.2) is 59.6 Å². The van der Waals surface area contributed by atoms with Crippen LogP contribution in [0, 0.1) is 0 Å². The van der Waals surface area contributed by atoms with E-state index in [9.17, 15) is 0 Å². The van der Waals surface area contributed by atoms with Gasteiger partial charge in [0.05, 0.1) is 6.61 Å². The van der Waals surface area contributed by atoms with Crippen molar-refractivity contribution >= 4 is 29.9 Å². The fraction of sp³-hybridized carbons (Fsp3) is 0.409. The van der Waals surface area contributed by atoms with E-state index in [1.807, 2.05) is 13.1 Å². The van der Waals surface area contributed by atoms with Crippen molar-refractivity contribution in [2.45, 2.75) is 37.8 Å². The average Bonchev–Trinajstić information content (AvgIpc) is 2.65. The van der Waals surface area contributed by atoms with Gasteiger partial charge in [-0.15, -0.1) is 24.0 Å². The molecule has 0 radical (unpaired) electrons. The smallest absolute Gasteiger partial charge is 0.191 e. The second-order valence-electron chi connectivity index (χ2n) is 6.98.